The number of benzene rings is 2. The zero-order chi connectivity index (χ0) is 23.2. The van der Waals surface area contributed by atoms with Crippen molar-refractivity contribution in [3.8, 4) is 17.2 Å². The third-order valence-corrected chi connectivity index (χ3v) is 7.53. The third kappa shape index (κ3) is 3.26. The molecule has 0 amide bonds. The fraction of sp³-hybridized carbons (Fsp3) is 0.200. The summed E-state index contributed by atoms with van der Waals surface area (Å²) in [6.07, 6.45) is 1.62. The normalized spacial score (nSPS) is 18.3. The van der Waals surface area contributed by atoms with Crippen molar-refractivity contribution in [1.82, 2.24) is 14.8 Å². The van der Waals surface area contributed by atoms with E-state index < -0.39 is 0 Å². The fourth-order valence-corrected chi connectivity index (χ4v) is 5.73. The van der Waals surface area contributed by atoms with Gasteiger partial charge in [0.2, 0.25) is 11.1 Å². The molecule has 6 rings (SSSR count). The molecule has 2 aliphatic rings. The molecule has 2 atom stereocenters. The van der Waals surface area contributed by atoms with Crippen molar-refractivity contribution in [2.45, 2.75) is 17.3 Å². The number of thiophene rings is 1. The van der Waals surface area contributed by atoms with Crippen molar-refractivity contribution in [1.29, 1.82) is 0 Å². The smallest absolute Gasteiger partial charge is 0.227 e. The second-order valence-electron chi connectivity index (χ2n) is 7.85. The standard InChI is InChI=1S/C25H22N4O3S2/c1-30-17-11-10-14(13-18(17)31-2)23-20-21(15-7-4-5-8-16(15)32-23)26-24-27-25(33-3)28-29(24)22(20)19-9-6-12-34-19/h4-13,22-23H,1-3H3,(H,26,27,28). The molecule has 34 heavy (non-hydrogen) atoms. The number of rotatable bonds is 5. The Hall–Kier alpha value is -3.43. The second-order valence-corrected chi connectivity index (χ2v) is 9.60. The first kappa shape index (κ1) is 21.1. The van der Waals surface area contributed by atoms with E-state index in [4.69, 9.17) is 24.3 Å². The van der Waals surface area contributed by atoms with E-state index >= 15 is 0 Å². The van der Waals surface area contributed by atoms with Gasteiger partial charge in [-0.15, -0.1) is 16.4 Å². The quantitative estimate of drug-likeness (QED) is 0.363. The summed E-state index contributed by atoms with van der Waals surface area (Å²) in [5, 5.41) is 11.2. The lowest BCUT2D eigenvalue weighted by molar-refractivity contribution is 0.222. The first-order chi connectivity index (χ1) is 16.7. The number of ether oxygens (including phenoxy) is 3. The van der Waals surface area contributed by atoms with Crippen molar-refractivity contribution in [3.63, 3.8) is 0 Å². The molecule has 4 heterocycles. The Bertz CT molecular complexity index is 1400. The van der Waals surface area contributed by atoms with Crippen molar-refractivity contribution < 1.29 is 14.2 Å². The number of methoxy groups -OCH3 is 2. The zero-order valence-corrected chi connectivity index (χ0v) is 20.4. The topological polar surface area (TPSA) is 70.4 Å². The number of anilines is 1. The van der Waals surface area contributed by atoms with Crippen LogP contribution in [0.1, 0.15) is 28.1 Å². The summed E-state index contributed by atoms with van der Waals surface area (Å²) in [5.74, 6) is 2.88. The molecule has 0 fully saturated rings. The summed E-state index contributed by atoms with van der Waals surface area (Å²) in [4.78, 5) is 5.91. The number of nitrogens with one attached hydrogen (secondary N) is 1. The number of para-hydroxylation sites is 1. The minimum absolute atomic E-state index is 0.161. The largest absolute Gasteiger partial charge is 0.493 e. The molecular weight excluding hydrogens is 468 g/mol. The predicted molar refractivity (Wildman–Crippen MR) is 134 cm³/mol. The average molecular weight is 491 g/mol. The molecule has 2 aliphatic heterocycles. The maximum Gasteiger partial charge on any atom is 0.227 e. The fourth-order valence-electron chi connectivity index (χ4n) is 4.56. The lowest BCUT2D eigenvalue weighted by Crippen LogP contribution is -2.32. The molecule has 9 heteroatoms. The number of nitrogens with zero attached hydrogens (tertiary/aromatic N) is 3. The molecule has 0 saturated heterocycles. The Balaban J connectivity index is 1.60. The van der Waals surface area contributed by atoms with Crippen LogP contribution in [0.4, 0.5) is 5.95 Å². The monoisotopic (exact) mass is 490 g/mol. The minimum atomic E-state index is -0.362. The summed E-state index contributed by atoms with van der Waals surface area (Å²) in [5.41, 5.74) is 4.07. The van der Waals surface area contributed by atoms with Gasteiger partial charge < -0.3 is 19.5 Å². The highest BCUT2D eigenvalue weighted by Crippen LogP contribution is 2.52. The maximum atomic E-state index is 6.68. The molecule has 0 aliphatic carbocycles. The molecule has 2 aromatic carbocycles. The molecule has 2 unspecified atom stereocenters. The molecule has 0 bridgehead atoms. The Kier molecular flexibility index (Phi) is 5.23. The molecule has 7 nitrogen and oxygen atoms in total. The van der Waals surface area contributed by atoms with Gasteiger partial charge in [-0.2, -0.15) is 4.98 Å². The van der Waals surface area contributed by atoms with Gasteiger partial charge in [0.05, 0.1) is 19.9 Å². The summed E-state index contributed by atoms with van der Waals surface area (Å²) in [6.45, 7) is 0. The molecule has 1 N–H and O–H groups in total. The first-order valence-corrected chi connectivity index (χ1v) is 12.8. The summed E-state index contributed by atoms with van der Waals surface area (Å²) >= 11 is 3.23. The van der Waals surface area contributed by atoms with E-state index in [2.05, 4.69) is 28.9 Å². The average Bonchev–Trinajstić information content (AvgIpc) is 3.56. The van der Waals surface area contributed by atoms with Crippen LogP contribution in [-0.2, 0) is 0 Å². The van der Waals surface area contributed by atoms with Crippen LogP contribution in [0.15, 0.2) is 70.7 Å². The van der Waals surface area contributed by atoms with Gasteiger partial charge in [0.25, 0.3) is 0 Å². The van der Waals surface area contributed by atoms with E-state index in [9.17, 15) is 0 Å². The second kappa shape index (κ2) is 8.41. The molecule has 4 aromatic rings. The summed E-state index contributed by atoms with van der Waals surface area (Å²) in [6, 6.07) is 18.1. The van der Waals surface area contributed by atoms with E-state index in [1.54, 1.807) is 25.6 Å². The number of aromatic nitrogens is 3. The molecule has 0 spiro atoms. The highest BCUT2D eigenvalue weighted by atomic mass is 32.2. The van der Waals surface area contributed by atoms with Crippen LogP contribution < -0.4 is 19.5 Å². The van der Waals surface area contributed by atoms with Crippen LogP contribution in [0.3, 0.4) is 0 Å². The Morgan fingerprint density at radius 1 is 1.06 bits per heavy atom. The predicted octanol–water partition coefficient (Wildman–Crippen LogP) is 5.64. The van der Waals surface area contributed by atoms with Crippen molar-refractivity contribution in [2.24, 2.45) is 0 Å². The molecule has 172 valence electrons. The van der Waals surface area contributed by atoms with Gasteiger partial charge in [0.1, 0.15) is 17.9 Å². The first-order valence-electron chi connectivity index (χ1n) is 10.7. The lowest BCUT2D eigenvalue weighted by Gasteiger charge is -2.38. The van der Waals surface area contributed by atoms with Crippen molar-refractivity contribution in [2.75, 3.05) is 25.8 Å². The maximum absolute atomic E-state index is 6.68. The van der Waals surface area contributed by atoms with Gasteiger partial charge in [0, 0.05) is 21.6 Å². The van der Waals surface area contributed by atoms with Crippen molar-refractivity contribution >= 4 is 34.7 Å². The zero-order valence-electron chi connectivity index (χ0n) is 18.8. The van der Waals surface area contributed by atoms with E-state index in [1.165, 1.54) is 16.6 Å². The van der Waals surface area contributed by atoms with Crippen LogP contribution in [0, 0.1) is 0 Å². The minimum Gasteiger partial charge on any atom is -0.493 e. The van der Waals surface area contributed by atoms with E-state index in [-0.39, 0.29) is 12.1 Å². The van der Waals surface area contributed by atoms with Crippen LogP contribution in [0.2, 0.25) is 0 Å². The Morgan fingerprint density at radius 3 is 2.68 bits per heavy atom. The summed E-state index contributed by atoms with van der Waals surface area (Å²) < 4.78 is 19.7. The van der Waals surface area contributed by atoms with E-state index in [1.807, 2.05) is 47.3 Å². The van der Waals surface area contributed by atoms with Crippen LogP contribution in [-0.4, -0.2) is 35.2 Å². The van der Waals surface area contributed by atoms with Crippen LogP contribution >= 0.6 is 23.1 Å². The molecule has 2 aromatic heterocycles. The third-order valence-electron chi connectivity index (χ3n) is 6.07. The lowest BCUT2D eigenvalue weighted by atomic mass is 9.87. The Labute approximate surface area is 205 Å². The highest BCUT2D eigenvalue weighted by Gasteiger charge is 2.42. The molecule has 0 radical (unpaired) electrons. The molecular formula is C25H22N4O3S2. The number of hydrogen-bond donors (Lipinski definition) is 1. The van der Waals surface area contributed by atoms with Gasteiger partial charge in [0.15, 0.2) is 11.5 Å². The van der Waals surface area contributed by atoms with Gasteiger partial charge in [-0.05, 0) is 42.0 Å². The SMILES string of the molecule is COc1ccc(C2Oc3ccccc3C3=C2C(c2cccs2)n2nc(SC)nc2N3)cc1OC. The number of fused-ring (bicyclic) bond motifs is 3. The van der Waals surface area contributed by atoms with E-state index in [0.29, 0.717) is 11.5 Å². The van der Waals surface area contributed by atoms with Gasteiger partial charge in [-0.25, -0.2) is 4.68 Å². The number of hydrogen-bond acceptors (Lipinski definition) is 8. The van der Waals surface area contributed by atoms with Gasteiger partial charge >= 0.3 is 0 Å². The highest BCUT2D eigenvalue weighted by molar-refractivity contribution is 7.98. The summed E-state index contributed by atoms with van der Waals surface area (Å²) in [7, 11) is 3.28. The number of thioether (sulfide) groups is 1. The van der Waals surface area contributed by atoms with Gasteiger partial charge in [-0.3, -0.25) is 0 Å². The van der Waals surface area contributed by atoms with Gasteiger partial charge in [-0.1, -0.05) is 36.0 Å². The van der Waals surface area contributed by atoms with Crippen molar-refractivity contribution in [3.05, 3.63) is 81.6 Å². The Morgan fingerprint density at radius 2 is 1.91 bits per heavy atom. The van der Waals surface area contributed by atoms with Crippen LogP contribution in [0.25, 0.3) is 5.70 Å². The molecule has 0 saturated carbocycles. The van der Waals surface area contributed by atoms with E-state index in [0.717, 1.165) is 39.3 Å². The van der Waals surface area contributed by atoms with Crippen LogP contribution in [0.5, 0.6) is 17.2 Å².